The largest absolute Gasteiger partial charge is 0.481 e. The number of nitrogens with zero attached hydrogens (tertiary/aromatic N) is 1. The molecule has 1 aliphatic heterocycles. The van der Waals surface area contributed by atoms with Crippen molar-refractivity contribution in [2.24, 2.45) is 5.92 Å². The summed E-state index contributed by atoms with van der Waals surface area (Å²) in [5.41, 5.74) is 0. The summed E-state index contributed by atoms with van der Waals surface area (Å²) in [6, 6.07) is 0. The van der Waals surface area contributed by atoms with Crippen LogP contribution in [0.4, 0.5) is 0 Å². The number of hydrogen-bond acceptors (Lipinski definition) is 2. The van der Waals surface area contributed by atoms with E-state index < -0.39 is 11.9 Å². The van der Waals surface area contributed by atoms with Gasteiger partial charge in [-0.05, 0) is 32.1 Å². The number of amides is 1. The second-order valence-electron chi connectivity index (χ2n) is 8.02. The van der Waals surface area contributed by atoms with Gasteiger partial charge in [0.1, 0.15) is 0 Å². The summed E-state index contributed by atoms with van der Waals surface area (Å²) in [5, 5.41) is 8.98. The Bertz CT molecular complexity index is 433. The summed E-state index contributed by atoms with van der Waals surface area (Å²) in [6.07, 6.45) is 22.7. The zero-order valence-electron chi connectivity index (χ0n) is 17.5. The molecule has 1 atom stereocenters. The molecule has 1 rings (SSSR count). The molecule has 1 saturated heterocycles. The molecule has 156 valence electrons. The van der Waals surface area contributed by atoms with E-state index in [4.69, 9.17) is 5.11 Å². The number of rotatable bonds is 17. The normalized spacial score (nSPS) is 17.3. The fraction of sp³-hybridized carbons (Fsp3) is 0.826. The lowest BCUT2D eigenvalue weighted by Gasteiger charge is -2.15. The van der Waals surface area contributed by atoms with Crippen LogP contribution < -0.4 is 0 Å². The van der Waals surface area contributed by atoms with Gasteiger partial charge in [0.15, 0.2) is 0 Å². The van der Waals surface area contributed by atoms with Crippen molar-refractivity contribution in [3.05, 3.63) is 12.2 Å². The zero-order valence-corrected chi connectivity index (χ0v) is 17.5. The summed E-state index contributed by atoms with van der Waals surface area (Å²) in [5.74, 6) is -1.33. The highest BCUT2D eigenvalue weighted by atomic mass is 16.4. The van der Waals surface area contributed by atoms with Crippen LogP contribution in [0.15, 0.2) is 12.2 Å². The molecule has 0 spiro atoms. The van der Waals surface area contributed by atoms with Gasteiger partial charge in [-0.1, -0.05) is 76.9 Å². The number of aliphatic carboxylic acids is 1. The summed E-state index contributed by atoms with van der Waals surface area (Å²) >= 11 is 0. The number of carboxylic acid groups (broad SMARTS) is 1. The van der Waals surface area contributed by atoms with Gasteiger partial charge in [-0.15, -0.1) is 0 Å². The molecule has 27 heavy (non-hydrogen) atoms. The minimum atomic E-state index is -0.841. The number of allylic oxidation sites excluding steroid dienone is 2. The number of hydrogen-bond donors (Lipinski definition) is 1. The molecular formula is C23H41NO3. The first kappa shape index (κ1) is 23.7. The molecule has 1 fully saturated rings. The van der Waals surface area contributed by atoms with Gasteiger partial charge < -0.3 is 10.0 Å². The molecule has 0 radical (unpaired) electrons. The number of likely N-dealkylation sites (tertiary alicyclic amines) is 1. The molecule has 0 saturated carbocycles. The van der Waals surface area contributed by atoms with Gasteiger partial charge >= 0.3 is 5.97 Å². The second-order valence-corrected chi connectivity index (χ2v) is 8.02. The Kier molecular flexibility index (Phi) is 13.8. The van der Waals surface area contributed by atoms with E-state index in [9.17, 15) is 9.59 Å². The number of unbranched alkanes of at least 4 members (excludes halogenated alkanes) is 12. The smallest absolute Gasteiger partial charge is 0.308 e. The van der Waals surface area contributed by atoms with Crippen LogP contribution in [0.5, 0.6) is 0 Å². The zero-order chi connectivity index (χ0) is 19.7. The van der Waals surface area contributed by atoms with Gasteiger partial charge in [0.2, 0.25) is 5.91 Å². The molecule has 1 amide bonds. The Morgan fingerprint density at radius 1 is 0.926 bits per heavy atom. The molecule has 0 bridgehead atoms. The van der Waals surface area contributed by atoms with Crippen LogP contribution in [0.3, 0.4) is 0 Å². The van der Waals surface area contributed by atoms with Crippen molar-refractivity contribution >= 4 is 11.9 Å². The highest BCUT2D eigenvalue weighted by Gasteiger charge is 2.33. The number of carbonyl (C=O) groups excluding carboxylic acids is 1. The average Bonchev–Trinajstić information content (AvgIpc) is 3.02. The molecule has 4 nitrogen and oxygen atoms in total. The third kappa shape index (κ3) is 11.9. The first-order valence-corrected chi connectivity index (χ1v) is 11.3. The minimum absolute atomic E-state index is 0.00939. The fourth-order valence-electron chi connectivity index (χ4n) is 3.70. The third-order valence-corrected chi connectivity index (χ3v) is 5.50. The highest BCUT2D eigenvalue weighted by molar-refractivity contribution is 5.86. The molecule has 1 heterocycles. The van der Waals surface area contributed by atoms with Gasteiger partial charge in [-0.2, -0.15) is 0 Å². The average molecular weight is 380 g/mol. The third-order valence-electron chi connectivity index (χ3n) is 5.50. The maximum absolute atomic E-state index is 11.7. The maximum Gasteiger partial charge on any atom is 0.308 e. The first-order chi connectivity index (χ1) is 13.1. The van der Waals surface area contributed by atoms with E-state index in [0.29, 0.717) is 6.54 Å². The molecule has 4 heteroatoms. The lowest BCUT2D eigenvalue weighted by atomic mass is 10.1. The van der Waals surface area contributed by atoms with Crippen molar-refractivity contribution in [1.29, 1.82) is 0 Å². The van der Waals surface area contributed by atoms with Crippen LogP contribution in [0.1, 0.15) is 103 Å². The second kappa shape index (κ2) is 15.7. The SMILES string of the molecule is CCCCCCCC/C=C/CCCCCCCCN1CC(C(=O)O)CC1=O. The van der Waals surface area contributed by atoms with E-state index in [1.165, 1.54) is 77.0 Å². The van der Waals surface area contributed by atoms with E-state index in [1.807, 2.05) is 0 Å². The van der Waals surface area contributed by atoms with E-state index >= 15 is 0 Å². The van der Waals surface area contributed by atoms with E-state index in [2.05, 4.69) is 19.1 Å². The molecular weight excluding hydrogens is 338 g/mol. The van der Waals surface area contributed by atoms with E-state index in [0.717, 1.165) is 19.4 Å². The van der Waals surface area contributed by atoms with Gasteiger partial charge in [-0.3, -0.25) is 9.59 Å². The number of carboxylic acids is 1. The standard InChI is InChI=1S/C23H41NO3/c1-2-3-4-5-6-7-8-9-10-11-12-13-14-15-16-17-18-24-20-21(23(26)27)19-22(24)25/h9-10,21H,2-8,11-20H2,1H3,(H,26,27)/b10-9+. The summed E-state index contributed by atoms with van der Waals surface area (Å²) < 4.78 is 0. The Balaban J connectivity index is 1.83. The molecule has 1 N–H and O–H groups in total. The van der Waals surface area contributed by atoms with Crippen LogP contribution in [-0.2, 0) is 9.59 Å². The molecule has 0 aliphatic carbocycles. The van der Waals surface area contributed by atoms with E-state index in [-0.39, 0.29) is 12.3 Å². The Morgan fingerprint density at radius 3 is 1.96 bits per heavy atom. The molecule has 0 aromatic heterocycles. The Hall–Kier alpha value is -1.32. The van der Waals surface area contributed by atoms with E-state index in [1.54, 1.807) is 4.90 Å². The van der Waals surface area contributed by atoms with Crippen LogP contribution in [0, 0.1) is 5.92 Å². The van der Waals surface area contributed by atoms with Crippen molar-refractivity contribution in [2.75, 3.05) is 13.1 Å². The van der Waals surface area contributed by atoms with Crippen molar-refractivity contribution in [3.63, 3.8) is 0 Å². The summed E-state index contributed by atoms with van der Waals surface area (Å²) in [4.78, 5) is 24.4. The predicted molar refractivity (Wildman–Crippen MR) is 112 cm³/mol. The van der Waals surface area contributed by atoms with Gasteiger partial charge in [-0.25, -0.2) is 0 Å². The van der Waals surface area contributed by atoms with Crippen molar-refractivity contribution in [3.8, 4) is 0 Å². The molecule has 0 aromatic rings. The highest BCUT2D eigenvalue weighted by Crippen LogP contribution is 2.19. The van der Waals surface area contributed by atoms with Crippen LogP contribution in [0.2, 0.25) is 0 Å². The van der Waals surface area contributed by atoms with Crippen LogP contribution >= 0.6 is 0 Å². The van der Waals surface area contributed by atoms with Crippen LogP contribution in [-0.4, -0.2) is 35.0 Å². The molecule has 0 aromatic carbocycles. The topological polar surface area (TPSA) is 57.6 Å². The fourth-order valence-corrected chi connectivity index (χ4v) is 3.70. The minimum Gasteiger partial charge on any atom is -0.481 e. The van der Waals surface area contributed by atoms with Gasteiger partial charge in [0, 0.05) is 19.5 Å². The quantitative estimate of drug-likeness (QED) is 0.251. The van der Waals surface area contributed by atoms with Gasteiger partial charge in [0.25, 0.3) is 0 Å². The summed E-state index contributed by atoms with van der Waals surface area (Å²) in [6.45, 7) is 3.39. The Morgan fingerprint density at radius 2 is 1.44 bits per heavy atom. The van der Waals surface area contributed by atoms with Crippen LogP contribution in [0.25, 0.3) is 0 Å². The molecule has 1 unspecified atom stereocenters. The Labute approximate surface area is 166 Å². The monoisotopic (exact) mass is 379 g/mol. The van der Waals surface area contributed by atoms with Crippen molar-refractivity contribution in [1.82, 2.24) is 4.90 Å². The van der Waals surface area contributed by atoms with Crippen molar-refractivity contribution in [2.45, 2.75) is 103 Å². The lowest BCUT2D eigenvalue weighted by molar-refractivity contribution is -0.141. The maximum atomic E-state index is 11.7. The first-order valence-electron chi connectivity index (χ1n) is 11.3. The number of carbonyl (C=O) groups is 2. The molecule has 1 aliphatic rings. The predicted octanol–water partition coefficient (Wildman–Crippen LogP) is 5.96. The van der Waals surface area contributed by atoms with Gasteiger partial charge in [0.05, 0.1) is 5.92 Å². The van der Waals surface area contributed by atoms with Crippen molar-refractivity contribution < 1.29 is 14.7 Å². The summed E-state index contributed by atoms with van der Waals surface area (Å²) in [7, 11) is 0. The lowest BCUT2D eigenvalue weighted by Crippen LogP contribution is -2.27.